The molecule has 4 nitrogen and oxygen atoms in total. The van der Waals surface area contributed by atoms with Crippen LogP contribution in [0.2, 0.25) is 0 Å². The van der Waals surface area contributed by atoms with Crippen molar-refractivity contribution in [2.24, 2.45) is 0 Å². The van der Waals surface area contributed by atoms with Crippen LogP contribution in [-0.4, -0.2) is 47.5 Å². The largest absolute Gasteiger partial charge is 0.379 e. The van der Waals surface area contributed by atoms with Gasteiger partial charge in [0.15, 0.2) is 0 Å². The number of hydrogen-bond donors (Lipinski definition) is 0. The maximum atomic E-state index is 5.39. The summed E-state index contributed by atoms with van der Waals surface area (Å²) < 4.78 is 7.37. The van der Waals surface area contributed by atoms with Crippen LogP contribution < -0.4 is 0 Å². The van der Waals surface area contributed by atoms with Gasteiger partial charge in [-0.1, -0.05) is 30.3 Å². The molecule has 0 spiro atoms. The molecule has 0 unspecified atom stereocenters. The third-order valence-corrected chi connectivity index (χ3v) is 4.65. The third-order valence-electron chi connectivity index (χ3n) is 4.65. The molecule has 0 saturated carbocycles. The quantitative estimate of drug-likeness (QED) is 0.722. The Morgan fingerprint density at radius 2 is 1.79 bits per heavy atom. The highest BCUT2D eigenvalue weighted by Crippen LogP contribution is 2.18. The second-order valence-corrected chi connectivity index (χ2v) is 6.34. The molecule has 0 bridgehead atoms. The molecule has 0 N–H and O–H groups in total. The number of rotatable bonds is 5. The van der Waals surface area contributed by atoms with Crippen LogP contribution in [0.15, 0.2) is 54.7 Å². The first-order valence-corrected chi connectivity index (χ1v) is 8.72. The number of morpholine rings is 1. The van der Waals surface area contributed by atoms with Crippen LogP contribution in [0.3, 0.4) is 0 Å². The molecular weight excluding hydrogens is 298 g/mol. The molecular formula is C20H23N3O. The molecule has 0 aliphatic carbocycles. The highest BCUT2D eigenvalue weighted by molar-refractivity contribution is 5.84. The van der Waals surface area contributed by atoms with E-state index < -0.39 is 0 Å². The van der Waals surface area contributed by atoms with E-state index >= 15 is 0 Å². The molecule has 24 heavy (non-hydrogen) atoms. The molecule has 124 valence electrons. The van der Waals surface area contributed by atoms with Gasteiger partial charge in [0, 0.05) is 19.3 Å². The second kappa shape index (κ2) is 7.16. The molecule has 4 rings (SSSR count). The summed E-state index contributed by atoms with van der Waals surface area (Å²) in [6.07, 6.45) is 4.24. The molecule has 1 aliphatic rings. The fourth-order valence-electron chi connectivity index (χ4n) is 3.27. The van der Waals surface area contributed by atoms with Crippen molar-refractivity contribution in [3.63, 3.8) is 0 Å². The molecule has 0 amide bonds. The molecule has 1 aliphatic heterocycles. The van der Waals surface area contributed by atoms with Crippen molar-refractivity contribution in [1.29, 1.82) is 0 Å². The Morgan fingerprint density at radius 1 is 0.958 bits per heavy atom. The van der Waals surface area contributed by atoms with E-state index in [9.17, 15) is 0 Å². The van der Waals surface area contributed by atoms with E-state index in [1.54, 1.807) is 0 Å². The standard InChI is InChI=1S/C20H23N3O/c1-2-5-18-16-20(8-7-17(18)4-1)23-11-9-19(21-23)6-3-10-22-12-14-24-15-13-22/h1-2,4-5,7-9,11,16H,3,6,10,12-15H2. The highest BCUT2D eigenvalue weighted by Gasteiger charge is 2.10. The zero-order valence-electron chi connectivity index (χ0n) is 13.9. The second-order valence-electron chi connectivity index (χ2n) is 6.34. The van der Waals surface area contributed by atoms with Gasteiger partial charge >= 0.3 is 0 Å². The lowest BCUT2D eigenvalue weighted by molar-refractivity contribution is 0.0374. The van der Waals surface area contributed by atoms with Crippen molar-refractivity contribution in [3.8, 4) is 5.69 Å². The van der Waals surface area contributed by atoms with Crippen molar-refractivity contribution in [2.75, 3.05) is 32.8 Å². The number of ether oxygens (including phenoxy) is 1. The van der Waals surface area contributed by atoms with Crippen molar-refractivity contribution in [3.05, 3.63) is 60.4 Å². The highest BCUT2D eigenvalue weighted by atomic mass is 16.5. The summed E-state index contributed by atoms with van der Waals surface area (Å²) in [4.78, 5) is 2.48. The zero-order valence-corrected chi connectivity index (χ0v) is 13.9. The number of hydrogen-bond acceptors (Lipinski definition) is 3. The summed E-state index contributed by atoms with van der Waals surface area (Å²) in [5.41, 5.74) is 2.28. The van der Waals surface area contributed by atoms with Crippen LogP contribution in [0.5, 0.6) is 0 Å². The molecule has 2 heterocycles. The van der Waals surface area contributed by atoms with Crippen LogP contribution >= 0.6 is 0 Å². The maximum Gasteiger partial charge on any atom is 0.0652 e. The lowest BCUT2D eigenvalue weighted by atomic mass is 10.1. The molecule has 1 saturated heterocycles. The molecule has 2 aromatic carbocycles. The number of aromatic nitrogens is 2. The molecule has 0 atom stereocenters. The topological polar surface area (TPSA) is 30.3 Å². The van der Waals surface area contributed by atoms with E-state index in [4.69, 9.17) is 9.84 Å². The van der Waals surface area contributed by atoms with Gasteiger partial charge in [-0.25, -0.2) is 4.68 Å². The molecule has 0 radical (unpaired) electrons. The van der Waals surface area contributed by atoms with E-state index in [2.05, 4.69) is 59.6 Å². The van der Waals surface area contributed by atoms with Gasteiger partial charge in [0.2, 0.25) is 0 Å². The third kappa shape index (κ3) is 3.50. The fourth-order valence-corrected chi connectivity index (χ4v) is 3.27. The first-order chi connectivity index (χ1) is 11.9. The van der Waals surface area contributed by atoms with Gasteiger partial charge in [-0.2, -0.15) is 5.10 Å². The van der Waals surface area contributed by atoms with Crippen LogP contribution in [0, 0.1) is 0 Å². The van der Waals surface area contributed by atoms with Crippen LogP contribution in [-0.2, 0) is 11.2 Å². The Hall–Kier alpha value is -2.17. The van der Waals surface area contributed by atoms with E-state index in [-0.39, 0.29) is 0 Å². The first-order valence-electron chi connectivity index (χ1n) is 8.72. The van der Waals surface area contributed by atoms with E-state index in [0.717, 1.165) is 57.1 Å². The number of benzene rings is 2. The predicted octanol–water partition coefficient (Wildman–Crippen LogP) is 3.29. The van der Waals surface area contributed by atoms with Gasteiger partial charge in [0.25, 0.3) is 0 Å². The minimum atomic E-state index is 0.872. The van der Waals surface area contributed by atoms with Crippen molar-refractivity contribution in [1.82, 2.24) is 14.7 Å². The van der Waals surface area contributed by atoms with Gasteiger partial charge in [-0.05, 0) is 48.4 Å². The van der Waals surface area contributed by atoms with E-state index in [1.165, 1.54) is 10.8 Å². The lowest BCUT2D eigenvalue weighted by Crippen LogP contribution is -2.36. The summed E-state index contributed by atoms with van der Waals surface area (Å²) >= 11 is 0. The normalized spacial score (nSPS) is 15.8. The van der Waals surface area contributed by atoms with Gasteiger partial charge < -0.3 is 4.74 Å². The maximum absolute atomic E-state index is 5.39. The molecule has 4 heteroatoms. The Balaban J connectivity index is 1.40. The Morgan fingerprint density at radius 3 is 2.67 bits per heavy atom. The summed E-state index contributed by atoms with van der Waals surface area (Å²) in [5.74, 6) is 0. The molecule has 1 fully saturated rings. The van der Waals surface area contributed by atoms with Crippen LogP contribution in [0.1, 0.15) is 12.1 Å². The zero-order chi connectivity index (χ0) is 16.2. The van der Waals surface area contributed by atoms with Crippen molar-refractivity contribution in [2.45, 2.75) is 12.8 Å². The van der Waals surface area contributed by atoms with Crippen LogP contribution in [0.25, 0.3) is 16.5 Å². The molecule has 3 aromatic rings. The fraction of sp³-hybridized carbons (Fsp3) is 0.350. The number of fused-ring (bicyclic) bond motifs is 1. The van der Waals surface area contributed by atoms with Crippen molar-refractivity contribution >= 4 is 10.8 Å². The summed E-state index contributed by atoms with van der Waals surface area (Å²) in [6, 6.07) is 17.0. The SMILES string of the molecule is c1ccc2cc(-n3ccc(CCCN4CCOCC4)n3)ccc2c1. The van der Waals surface area contributed by atoms with Gasteiger partial charge in [-0.15, -0.1) is 0 Å². The summed E-state index contributed by atoms with van der Waals surface area (Å²) in [7, 11) is 0. The summed E-state index contributed by atoms with van der Waals surface area (Å²) in [6.45, 7) is 5.00. The average molecular weight is 321 g/mol. The number of nitrogens with zero attached hydrogens (tertiary/aromatic N) is 3. The summed E-state index contributed by atoms with van der Waals surface area (Å²) in [5, 5.41) is 7.26. The van der Waals surface area contributed by atoms with E-state index in [1.807, 2.05) is 4.68 Å². The minimum Gasteiger partial charge on any atom is -0.379 e. The minimum absolute atomic E-state index is 0.872. The predicted molar refractivity (Wildman–Crippen MR) is 96.7 cm³/mol. The van der Waals surface area contributed by atoms with Gasteiger partial charge in [0.1, 0.15) is 0 Å². The lowest BCUT2D eigenvalue weighted by Gasteiger charge is -2.26. The first kappa shape index (κ1) is 15.4. The number of aryl methyl sites for hydroxylation is 1. The Bertz CT molecular complexity index is 805. The van der Waals surface area contributed by atoms with Crippen molar-refractivity contribution < 1.29 is 4.74 Å². The average Bonchev–Trinajstić information content (AvgIpc) is 3.11. The smallest absolute Gasteiger partial charge is 0.0652 e. The van der Waals surface area contributed by atoms with Gasteiger partial charge in [-0.3, -0.25) is 4.90 Å². The Kier molecular flexibility index (Phi) is 4.58. The van der Waals surface area contributed by atoms with Crippen LogP contribution in [0.4, 0.5) is 0 Å². The Labute approximate surface area is 142 Å². The molecule has 1 aromatic heterocycles. The van der Waals surface area contributed by atoms with E-state index in [0.29, 0.717) is 0 Å². The van der Waals surface area contributed by atoms with Gasteiger partial charge in [0.05, 0.1) is 24.6 Å². The monoisotopic (exact) mass is 321 g/mol.